The van der Waals surface area contributed by atoms with E-state index in [-0.39, 0.29) is 0 Å². The van der Waals surface area contributed by atoms with Crippen LogP contribution in [-0.4, -0.2) is 36.6 Å². The lowest BCUT2D eigenvalue weighted by Crippen LogP contribution is -2.53. The molecule has 1 aliphatic heterocycles. The molecule has 1 heterocycles. The third-order valence-electron chi connectivity index (χ3n) is 4.71. The van der Waals surface area contributed by atoms with Crippen LogP contribution in [0.5, 0.6) is 0 Å². The summed E-state index contributed by atoms with van der Waals surface area (Å²) in [6.45, 7) is 10.9. The minimum Gasteiger partial charge on any atom is -0.315 e. The van der Waals surface area contributed by atoms with Crippen LogP contribution in [0.2, 0.25) is 0 Å². The quantitative estimate of drug-likeness (QED) is 0.793. The van der Waals surface area contributed by atoms with Crippen molar-refractivity contribution in [3.63, 3.8) is 0 Å². The molecule has 0 aromatic heterocycles. The molecule has 2 atom stereocenters. The number of likely N-dealkylation sites (N-methyl/N-ethyl adjacent to an activating group) is 1. The summed E-state index contributed by atoms with van der Waals surface area (Å²) in [5, 5.41) is 3.56. The summed E-state index contributed by atoms with van der Waals surface area (Å²) in [4.78, 5) is 2.79. The van der Waals surface area contributed by atoms with E-state index in [1.165, 1.54) is 51.7 Å². The highest BCUT2D eigenvalue weighted by atomic mass is 15.2. The predicted octanol–water partition coefficient (Wildman–Crippen LogP) is 2.64. The van der Waals surface area contributed by atoms with Crippen molar-refractivity contribution in [3.05, 3.63) is 0 Å². The van der Waals surface area contributed by atoms with E-state index in [0.29, 0.717) is 5.41 Å². The maximum absolute atomic E-state index is 3.56. The largest absolute Gasteiger partial charge is 0.315 e. The highest BCUT2D eigenvalue weighted by Gasteiger charge is 2.40. The molecule has 0 radical (unpaired) electrons. The predicted molar refractivity (Wildman–Crippen MR) is 69.7 cm³/mol. The Bertz CT molecular complexity index is 219. The van der Waals surface area contributed by atoms with Crippen LogP contribution in [0, 0.1) is 5.41 Å². The van der Waals surface area contributed by atoms with Gasteiger partial charge in [-0.1, -0.05) is 27.2 Å². The van der Waals surface area contributed by atoms with E-state index in [4.69, 9.17) is 0 Å². The molecule has 0 aromatic carbocycles. The summed E-state index contributed by atoms with van der Waals surface area (Å²) >= 11 is 0. The summed E-state index contributed by atoms with van der Waals surface area (Å²) < 4.78 is 0. The Morgan fingerprint density at radius 1 is 1.25 bits per heavy atom. The molecule has 2 fully saturated rings. The van der Waals surface area contributed by atoms with E-state index in [2.05, 4.69) is 31.0 Å². The van der Waals surface area contributed by atoms with Gasteiger partial charge in [-0.15, -0.1) is 0 Å². The molecule has 0 spiro atoms. The molecule has 2 heteroatoms. The second kappa shape index (κ2) is 5.05. The normalized spacial score (nSPS) is 34.5. The molecule has 2 rings (SSSR count). The maximum atomic E-state index is 3.56. The Morgan fingerprint density at radius 2 is 2.06 bits per heavy atom. The smallest absolute Gasteiger partial charge is 0.0224 e. The van der Waals surface area contributed by atoms with Crippen LogP contribution in [0.4, 0.5) is 0 Å². The minimum atomic E-state index is 0.535. The molecule has 2 aliphatic rings. The fourth-order valence-electron chi connectivity index (χ4n) is 3.77. The number of hydrogen-bond acceptors (Lipinski definition) is 2. The second-order valence-corrected chi connectivity index (χ2v) is 6.23. The third-order valence-corrected chi connectivity index (χ3v) is 4.71. The Kier molecular flexibility index (Phi) is 3.91. The molecule has 1 saturated heterocycles. The lowest BCUT2D eigenvalue weighted by atomic mass is 9.85. The molecule has 0 amide bonds. The topological polar surface area (TPSA) is 15.3 Å². The van der Waals surface area contributed by atoms with Crippen LogP contribution in [0.25, 0.3) is 0 Å². The molecule has 0 bridgehead atoms. The van der Waals surface area contributed by atoms with Crippen LogP contribution >= 0.6 is 0 Å². The van der Waals surface area contributed by atoms with Gasteiger partial charge in [0.1, 0.15) is 0 Å². The van der Waals surface area contributed by atoms with Gasteiger partial charge < -0.3 is 5.32 Å². The standard InChI is InChI=1S/C14H28N2/c1-4-16(12-7-6-10-15-11-12)13-8-5-9-14(13,2)3/h12-13,15H,4-11H2,1-3H3. The number of nitrogens with zero attached hydrogens (tertiary/aromatic N) is 1. The first-order chi connectivity index (χ1) is 7.65. The average Bonchev–Trinajstić information content (AvgIpc) is 2.62. The van der Waals surface area contributed by atoms with E-state index in [0.717, 1.165) is 12.1 Å². The van der Waals surface area contributed by atoms with Crippen molar-refractivity contribution in [2.75, 3.05) is 19.6 Å². The van der Waals surface area contributed by atoms with Crippen LogP contribution in [0.15, 0.2) is 0 Å². The zero-order chi connectivity index (χ0) is 11.6. The van der Waals surface area contributed by atoms with E-state index >= 15 is 0 Å². The minimum absolute atomic E-state index is 0.535. The first-order valence-corrected chi connectivity index (χ1v) is 7.11. The van der Waals surface area contributed by atoms with Gasteiger partial charge in [0.05, 0.1) is 0 Å². The highest BCUT2D eigenvalue weighted by Crippen LogP contribution is 2.41. The summed E-state index contributed by atoms with van der Waals surface area (Å²) in [7, 11) is 0. The van der Waals surface area contributed by atoms with Gasteiger partial charge in [-0.2, -0.15) is 0 Å². The molecule has 2 nitrogen and oxygen atoms in total. The fourth-order valence-corrected chi connectivity index (χ4v) is 3.77. The molecule has 1 saturated carbocycles. The van der Waals surface area contributed by atoms with E-state index in [1.54, 1.807) is 0 Å². The highest BCUT2D eigenvalue weighted by molar-refractivity contribution is 4.94. The van der Waals surface area contributed by atoms with Crippen molar-refractivity contribution >= 4 is 0 Å². The molecule has 1 N–H and O–H groups in total. The summed E-state index contributed by atoms with van der Waals surface area (Å²) in [5.41, 5.74) is 0.535. The van der Waals surface area contributed by atoms with Gasteiger partial charge in [-0.05, 0) is 44.2 Å². The van der Waals surface area contributed by atoms with Gasteiger partial charge in [0.2, 0.25) is 0 Å². The van der Waals surface area contributed by atoms with Gasteiger partial charge in [0, 0.05) is 18.6 Å². The van der Waals surface area contributed by atoms with Gasteiger partial charge >= 0.3 is 0 Å². The van der Waals surface area contributed by atoms with Crippen LogP contribution in [-0.2, 0) is 0 Å². The van der Waals surface area contributed by atoms with Crippen molar-refractivity contribution in [3.8, 4) is 0 Å². The average molecular weight is 224 g/mol. The molecule has 2 unspecified atom stereocenters. The van der Waals surface area contributed by atoms with Gasteiger partial charge in [-0.3, -0.25) is 4.90 Å². The number of piperidine rings is 1. The monoisotopic (exact) mass is 224 g/mol. The molecular formula is C14H28N2. The molecular weight excluding hydrogens is 196 g/mol. The third kappa shape index (κ3) is 2.43. The number of nitrogens with one attached hydrogen (secondary N) is 1. The van der Waals surface area contributed by atoms with Gasteiger partial charge in [0.15, 0.2) is 0 Å². The first kappa shape index (κ1) is 12.4. The lowest BCUT2D eigenvalue weighted by Gasteiger charge is -2.43. The molecule has 1 aliphatic carbocycles. The number of hydrogen-bond donors (Lipinski definition) is 1. The van der Waals surface area contributed by atoms with Crippen molar-refractivity contribution in [2.45, 2.75) is 65.0 Å². The number of rotatable bonds is 3. The fraction of sp³-hybridized carbons (Fsp3) is 1.00. The Balaban J connectivity index is 2.03. The molecule has 0 aromatic rings. The van der Waals surface area contributed by atoms with Crippen molar-refractivity contribution in [1.29, 1.82) is 0 Å². The first-order valence-electron chi connectivity index (χ1n) is 7.11. The van der Waals surface area contributed by atoms with E-state index < -0.39 is 0 Å². The summed E-state index contributed by atoms with van der Waals surface area (Å²) in [6.07, 6.45) is 7.00. The van der Waals surface area contributed by atoms with Gasteiger partial charge in [-0.25, -0.2) is 0 Å². The van der Waals surface area contributed by atoms with Crippen LogP contribution in [0.3, 0.4) is 0 Å². The van der Waals surface area contributed by atoms with E-state index in [1.807, 2.05) is 0 Å². The van der Waals surface area contributed by atoms with Crippen LogP contribution < -0.4 is 5.32 Å². The second-order valence-electron chi connectivity index (χ2n) is 6.23. The molecule has 16 heavy (non-hydrogen) atoms. The zero-order valence-corrected chi connectivity index (χ0v) is 11.3. The van der Waals surface area contributed by atoms with Crippen LogP contribution in [0.1, 0.15) is 52.9 Å². The van der Waals surface area contributed by atoms with Crippen molar-refractivity contribution < 1.29 is 0 Å². The lowest BCUT2D eigenvalue weighted by molar-refractivity contribution is 0.0625. The van der Waals surface area contributed by atoms with Crippen molar-refractivity contribution in [1.82, 2.24) is 10.2 Å². The zero-order valence-electron chi connectivity index (χ0n) is 11.3. The Morgan fingerprint density at radius 3 is 2.56 bits per heavy atom. The Labute approximate surface area is 101 Å². The van der Waals surface area contributed by atoms with Gasteiger partial charge in [0.25, 0.3) is 0 Å². The summed E-state index contributed by atoms with van der Waals surface area (Å²) in [5.74, 6) is 0. The SMILES string of the molecule is CCN(C1CCCNC1)C1CCCC1(C)C. The molecule has 94 valence electrons. The summed E-state index contributed by atoms with van der Waals surface area (Å²) in [6, 6.07) is 1.61. The maximum Gasteiger partial charge on any atom is 0.0224 e. The van der Waals surface area contributed by atoms with E-state index in [9.17, 15) is 0 Å². The van der Waals surface area contributed by atoms with Crippen molar-refractivity contribution in [2.24, 2.45) is 5.41 Å². The Hall–Kier alpha value is -0.0800.